The van der Waals surface area contributed by atoms with Crippen LogP contribution >= 0.6 is 39.1 Å². The van der Waals surface area contributed by atoms with Gasteiger partial charge in [-0.25, -0.2) is 4.98 Å². The standard InChI is InChI=1S/C16H10BrCl2NO/c17-11-5-6-15(14(19)7-11)21-16-13-4-2-1-3-12(13)10(8-18)9-20-16/h1-7,9H,8H2. The molecule has 0 atom stereocenters. The molecule has 3 rings (SSSR count). The van der Waals surface area contributed by atoms with Gasteiger partial charge in [0.25, 0.3) is 0 Å². The smallest absolute Gasteiger partial charge is 0.227 e. The highest BCUT2D eigenvalue weighted by Crippen LogP contribution is 2.34. The second kappa shape index (κ2) is 6.22. The molecule has 3 aromatic rings. The minimum atomic E-state index is 0.410. The highest BCUT2D eigenvalue weighted by atomic mass is 79.9. The number of benzene rings is 2. The number of halogens is 3. The minimum absolute atomic E-state index is 0.410. The zero-order valence-corrected chi connectivity index (χ0v) is 13.9. The first-order valence-electron chi connectivity index (χ1n) is 6.24. The molecule has 0 fully saturated rings. The molecular formula is C16H10BrCl2NO. The van der Waals surface area contributed by atoms with Crippen molar-refractivity contribution in [2.45, 2.75) is 5.88 Å². The number of pyridine rings is 1. The Bertz CT molecular complexity index is 807. The van der Waals surface area contributed by atoms with Crippen LogP contribution in [0.4, 0.5) is 0 Å². The predicted octanol–water partition coefficient (Wildman–Crippen LogP) is 6.18. The van der Waals surface area contributed by atoms with Crippen LogP contribution < -0.4 is 4.74 Å². The van der Waals surface area contributed by atoms with Crippen LogP contribution in [-0.2, 0) is 5.88 Å². The molecule has 2 aromatic carbocycles. The number of nitrogens with zero attached hydrogens (tertiary/aromatic N) is 1. The zero-order chi connectivity index (χ0) is 14.8. The highest BCUT2D eigenvalue weighted by Gasteiger charge is 2.10. The lowest BCUT2D eigenvalue weighted by atomic mass is 10.1. The van der Waals surface area contributed by atoms with Crippen LogP contribution in [0.3, 0.4) is 0 Å². The number of rotatable bonds is 3. The molecule has 0 aliphatic carbocycles. The van der Waals surface area contributed by atoms with Gasteiger partial charge in [-0.3, -0.25) is 0 Å². The Balaban J connectivity index is 2.09. The molecule has 0 radical (unpaired) electrons. The first kappa shape index (κ1) is 14.6. The normalized spacial score (nSPS) is 10.8. The summed E-state index contributed by atoms with van der Waals surface area (Å²) in [6, 6.07) is 13.3. The van der Waals surface area contributed by atoms with Crippen LogP contribution in [-0.4, -0.2) is 4.98 Å². The van der Waals surface area contributed by atoms with E-state index in [9.17, 15) is 0 Å². The lowest BCUT2D eigenvalue weighted by Gasteiger charge is -2.11. The van der Waals surface area contributed by atoms with E-state index in [0.717, 1.165) is 20.8 Å². The molecule has 0 saturated carbocycles. The molecule has 1 aromatic heterocycles. The van der Waals surface area contributed by atoms with E-state index < -0.39 is 0 Å². The summed E-state index contributed by atoms with van der Waals surface area (Å²) < 4.78 is 6.77. The van der Waals surface area contributed by atoms with Crippen molar-refractivity contribution in [1.82, 2.24) is 4.98 Å². The molecule has 0 aliphatic heterocycles. The van der Waals surface area contributed by atoms with Crippen molar-refractivity contribution in [3.05, 3.63) is 63.7 Å². The number of hydrogen-bond acceptors (Lipinski definition) is 2. The maximum atomic E-state index is 6.19. The molecule has 0 spiro atoms. The van der Waals surface area contributed by atoms with Gasteiger partial charge in [0, 0.05) is 21.9 Å². The Hall–Kier alpha value is -1.29. The minimum Gasteiger partial charge on any atom is -0.437 e. The van der Waals surface area contributed by atoms with Gasteiger partial charge in [-0.1, -0.05) is 45.7 Å². The molecular weight excluding hydrogens is 373 g/mol. The van der Waals surface area contributed by atoms with Crippen molar-refractivity contribution in [2.24, 2.45) is 0 Å². The molecule has 0 aliphatic rings. The van der Waals surface area contributed by atoms with Gasteiger partial charge < -0.3 is 4.74 Å². The fraction of sp³-hybridized carbons (Fsp3) is 0.0625. The third kappa shape index (κ3) is 3.00. The number of alkyl halides is 1. The van der Waals surface area contributed by atoms with Gasteiger partial charge in [0.15, 0.2) is 0 Å². The largest absolute Gasteiger partial charge is 0.437 e. The van der Waals surface area contributed by atoms with Crippen LogP contribution in [0.5, 0.6) is 11.6 Å². The molecule has 0 unspecified atom stereocenters. The average molecular weight is 383 g/mol. The van der Waals surface area contributed by atoms with Gasteiger partial charge in [0.05, 0.1) is 5.02 Å². The van der Waals surface area contributed by atoms with Crippen molar-refractivity contribution in [2.75, 3.05) is 0 Å². The SMILES string of the molecule is ClCc1cnc(Oc2ccc(Br)cc2Cl)c2ccccc12. The summed E-state index contributed by atoms with van der Waals surface area (Å²) in [5.41, 5.74) is 0.974. The van der Waals surface area contributed by atoms with Crippen molar-refractivity contribution in [1.29, 1.82) is 0 Å². The van der Waals surface area contributed by atoms with Crippen molar-refractivity contribution < 1.29 is 4.74 Å². The van der Waals surface area contributed by atoms with E-state index in [1.165, 1.54) is 0 Å². The summed E-state index contributed by atoms with van der Waals surface area (Å²) in [4.78, 5) is 4.36. The van der Waals surface area contributed by atoms with E-state index in [4.69, 9.17) is 27.9 Å². The van der Waals surface area contributed by atoms with Crippen LogP contribution in [0.2, 0.25) is 5.02 Å². The first-order valence-corrected chi connectivity index (χ1v) is 7.95. The third-order valence-electron chi connectivity index (χ3n) is 3.09. The van der Waals surface area contributed by atoms with E-state index in [0.29, 0.717) is 22.5 Å². The van der Waals surface area contributed by atoms with Gasteiger partial charge in [0.2, 0.25) is 5.88 Å². The Morgan fingerprint density at radius 2 is 1.86 bits per heavy atom. The fourth-order valence-electron chi connectivity index (χ4n) is 2.08. The van der Waals surface area contributed by atoms with Crippen molar-refractivity contribution in [3.63, 3.8) is 0 Å². The molecule has 0 bridgehead atoms. The van der Waals surface area contributed by atoms with Crippen LogP contribution in [0.1, 0.15) is 5.56 Å². The summed E-state index contributed by atoms with van der Waals surface area (Å²) in [6.45, 7) is 0. The Morgan fingerprint density at radius 3 is 2.57 bits per heavy atom. The number of aromatic nitrogens is 1. The molecule has 0 amide bonds. The Morgan fingerprint density at radius 1 is 1.10 bits per heavy atom. The summed E-state index contributed by atoms with van der Waals surface area (Å²) in [5, 5.41) is 2.47. The summed E-state index contributed by atoms with van der Waals surface area (Å²) >= 11 is 15.5. The van der Waals surface area contributed by atoms with E-state index in [2.05, 4.69) is 20.9 Å². The number of hydrogen-bond donors (Lipinski definition) is 0. The summed E-state index contributed by atoms with van der Waals surface area (Å²) in [7, 11) is 0. The highest BCUT2D eigenvalue weighted by molar-refractivity contribution is 9.10. The van der Waals surface area contributed by atoms with Crippen LogP contribution in [0, 0.1) is 0 Å². The van der Waals surface area contributed by atoms with Gasteiger partial charge in [-0.2, -0.15) is 0 Å². The summed E-state index contributed by atoms with van der Waals surface area (Å²) in [5.74, 6) is 1.49. The quantitative estimate of drug-likeness (QED) is 0.504. The maximum Gasteiger partial charge on any atom is 0.227 e. The van der Waals surface area contributed by atoms with E-state index in [-0.39, 0.29) is 0 Å². The van der Waals surface area contributed by atoms with Crippen LogP contribution in [0.15, 0.2) is 53.1 Å². The van der Waals surface area contributed by atoms with Crippen LogP contribution in [0.25, 0.3) is 10.8 Å². The van der Waals surface area contributed by atoms with Gasteiger partial charge in [-0.15, -0.1) is 11.6 Å². The Kier molecular flexibility index (Phi) is 4.34. The molecule has 5 heteroatoms. The van der Waals surface area contributed by atoms with E-state index in [1.807, 2.05) is 30.3 Å². The number of fused-ring (bicyclic) bond motifs is 1. The van der Waals surface area contributed by atoms with Gasteiger partial charge >= 0.3 is 0 Å². The van der Waals surface area contributed by atoms with Gasteiger partial charge in [-0.05, 0) is 35.2 Å². The molecule has 1 heterocycles. The lowest BCUT2D eigenvalue weighted by Crippen LogP contribution is -1.93. The molecule has 21 heavy (non-hydrogen) atoms. The van der Waals surface area contributed by atoms with Gasteiger partial charge in [0.1, 0.15) is 5.75 Å². The predicted molar refractivity (Wildman–Crippen MR) is 90.5 cm³/mol. The summed E-state index contributed by atoms with van der Waals surface area (Å²) in [6.07, 6.45) is 1.73. The first-order chi connectivity index (χ1) is 10.2. The lowest BCUT2D eigenvalue weighted by molar-refractivity contribution is 0.469. The third-order valence-corrected chi connectivity index (χ3v) is 4.16. The zero-order valence-electron chi connectivity index (χ0n) is 10.8. The molecule has 0 N–H and O–H groups in total. The van der Waals surface area contributed by atoms with E-state index >= 15 is 0 Å². The molecule has 2 nitrogen and oxygen atoms in total. The number of ether oxygens (including phenoxy) is 1. The van der Waals surface area contributed by atoms with Crippen molar-refractivity contribution in [3.8, 4) is 11.6 Å². The topological polar surface area (TPSA) is 22.1 Å². The molecule has 0 saturated heterocycles. The second-order valence-corrected chi connectivity index (χ2v) is 6.03. The fourth-order valence-corrected chi connectivity index (χ4v) is 3.00. The Labute approximate surface area is 140 Å². The average Bonchev–Trinajstić information content (AvgIpc) is 2.50. The molecule has 106 valence electrons. The van der Waals surface area contributed by atoms with Crippen molar-refractivity contribution >= 4 is 49.9 Å². The maximum absolute atomic E-state index is 6.19. The van der Waals surface area contributed by atoms with E-state index in [1.54, 1.807) is 18.3 Å². The monoisotopic (exact) mass is 381 g/mol. The second-order valence-electron chi connectivity index (χ2n) is 4.44.